The zero-order valence-electron chi connectivity index (χ0n) is 6.21. The predicted molar refractivity (Wildman–Crippen MR) is 45.7 cm³/mol. The molecule has 1 fully saturated rings. The lowest BCUT2D eigenvalue weighted by molar-refractivity contribution is 0.858. The van der Waals surface area contributed by atoms with Gasteiger partial charge in [-0.15, -0.1) is 0 Å². The molecule has 0 bridgehead atoms. The van der Waals surface area contributed by atoms with Gasteiger partial charge in [0, 0.05) is 24.2 Å². The van der Waals surface area contributed by atoms with Crippen LogP contribution in [0.2, 0.25) is 0 Å². The highest BCUT2D eigenvalue weighted by Gasteiger charge is 2.16. The molecule has 0 aliphatic carbocycles. The molecule has 1 unspecified atom stereocenters. The van der Waals surface area contributed by atoms with Crippen molar-refractivity contribution in [1.29, 1.82) is 0 Å². The van der Waals surface area contributed by atoms with E-state index in [-0.39, 0.29) is 0 Å². The van der Waals surface area contributed by atoms with Crippen LogP contribution in [-0.2, 0) is 0 Å². The number of nitrogens with zero attached hydrogens (tertiary/aromatic N) is 1. The third-order valence-corrected chi connectivity index (χ3v) is 2.95. The molecule has 11 heavy (non-hydrogen) atoms. The third-order valence-electron chi connectivity index (χ3n) is 1.77. The molecule has 0 saturated carbocycles. The summed E-state index contributed by atoms with van der Waals surface area (Å²) in [6.07, 6.45) is 4.92. The van der Waals surface area contributed by atoms with Crippen molar-refractivity contribution >= 4 is 11.8 Å². The molecule has 1 aliphatic heterocycles. The summed E-state index contributed by atoms with van der Waals surface area (Å²) < 4.78 is 0. The molecule has 1 aliphatic rings. The van der Waals surface area contributed by atoms with Gasteiger partial charge in [0.2, 0.25) is 0 Å². The maximum atomic E-state index is 4.16. The van der Waals surface area contributed by atoms with Gasteiger partial charge in [-0.05, 0) is 13.0 Å². The number of hydrogen-bond acceptors (Lipinski definition) is 3. The van der Waals surface area contributed by atoms with E-state index in [2.05, 4.69) is 15.3 Å². The van der Waals surface area contributed by atoms with E-state index >= 15 is 0 Å². The fourth-order valence-electron chi connectivity index (χ4n) is 1.20. The second kappa shape index (κ2) is 3.28. The summed E-state index contributed by atoms with van der Waals surface area (Å²) in [5.74, 6) is 0. The molecule has 60 valence electrons. The van der Waals surface area contributed by atoms with Crippen LogP contribution in [0.1, 0.15) is 6.42 Å². The van der Waals surface area contributed by atoms with Gasteiger partial charge >= 0.3 is 0 Å². The van der Waals surface area contributed by atoms with Crippen LogP contribution in [0.4, 0.5) is 0 Å². The molecule has 1 aromatic heterocycles. The number of hydrogen-bond donors (Lipinski definition) is 2. The number of aromatic nitrogens is 2. The number of rotatable bonds is 2. The number of H-pyrrole nitrogens is 1. The van der Waals surface area contributed by atoms with Crippen molar-refractivity contribution in [1.82, 2.24) is 15.3 Å². The van der Waals surface area contributed by atoms with Gasteiger partial charge in [0.15, 0.2) is 5.16 Å². The fraction of sp³-hybridized carbons (Fsp3) is 0.571. The molecule has 0 spiro atoms. The van der Waals surface area contributed by atoms with E-state index in [1.165, 1.54) is 6.42 Å². The summed E-state index contributed by atoms with van der Waals surface area (Å²) >= 11 is 1.83. The molecule has 3 nitrogen and oxygen atoms in total. The second-order valence-corrected chi connectivity index (χ2v) is 3.92. The Balaban J connectivity index is 1.90. The van der Waals surface area contributed by atoms with Gasteiger partial charge in [-0.3, -0.25) is 0 Å². The van der Waals surface area contributed by atoms with Crippen LogP contribution in [0.25, 0.3) is 0 Å². The number of nitrogens with one attached hydrogen (secondary N) is 2. The highest BCUT2D eigenvalue weighted by atomic mass is 32.2. The van der Waals surface area contributed by atoms with Gasteiger partial charge < -0.3 is 10.3 Å². The van der Waals surface area contributed by atoms with Gasteiger partial charge in [0.05, 0.1) is 0 Å². The van der Waals surface area contributed by atoms with Crippen LogP contribution < -0.4 is 5.32 Å². The fourth-order valence-corrected chi connectivity index (χ4v) is 2.21. The topological polar surface area (TPSA) is 40.7 Å². The smallest absolute Gasteiger partial charge is 0.165 e. The lowest BCUT2D eigenvalue weighted by atomic mass is 10.4. The van der Waals surface area contributed by atoms with Crippen LogP contribution in [0.5, 0.6) is 0 Å². The van der Waals surface area contributed by atoms with Crippen LogP contribution in [0.15, 0.2) is 17.6 Å². The molecular formula is C7H11N3S. The molecule has 0 amide bonds. The van der Waals surface area contributed by atoms with Crippen molar-refractivity contribution in [2.75, 3.05) is 13.1 Å². The average molecular weight is 169 g/mol. The molecule has 2 rings (SSSR count). The Morgan fingerprint density at radius 1 is 1.64 bits per heavy atom. The van der Waals surface area contributed by atoms with Crippen molar-refractivity contribution in [2.45, 2.75) is 16.8 Å². The zero-order chi connectivity index (χ0) is 7.52. The van der Waals surface area contributed by atoms with E-state index in [9.17, 15) is 0 Å². The zero-order valence-corrected chi connectivity index (χ0v) is 7.03. The van der Waals surface area contributed by atoms with E-state index < -0.39 is 0 Å². The van der Waals surface area contributed by atoms with Gasteiger partial charge in [-0.25, -0.2) is 4.98 Å². The first-order chi connectivity index (χ1) is 5.45. The first-order valence-electron chi connectivity index (χ1n) is 3.82. The van der Waals surface area contributed by atoms with Crippen molar-refractivity contribution < 1.29 is 0 Å². The Labute approximate surface area is 70.0 Å². The molecule has 2 N–H and O–H groups in total. The lowest BCUT2D eigenvalue weighted by Crippen LogP contribution is -2.10. The standard InChI is InChI=1S/C7H11N3S/c1-2-8-5-6(1)11-7-9-3-4-10-7/h3-4,6,8H,1-2,5H2,(H,9,10). The maximum Gasteiger partial charge on any atom is 0.165 e. The molecule has 1 aromatic rings. The number of aromatic amines is 1. The Morgan fingerprint density at radius 3 is 3.27 bits per heavy atom. The highest BCUT2D eigenvalue weighted by molar-refractivity contribution is 7.99. The first-order valence-corrected chi connectivity index (χ1v) is 4.70. The molecular weight excluding hydrogens is 158 g/mol. The van der Waals surface area contributed by atoms with Crippen LogP contribution in [0, 0.1) is 0 Å². The van der Waals surface area contributed by atoms with Crippen molar-refractivity contribution in [3.05, 3.63) is 12.4 Å². The summed E-state index contributed by atoms with van der Waals surface area (Å²) in [7, 11) is 0. The van der Waals surface area contributed by atoms with Gasteiger partial charge in [-0.1, -0.05) is 11.8 Å². The minimum absolute atomic E-state index is 0.709. The number of thioether (sulfide) groups is 1. The largest absolute Gasteiger partial charge is 0.340 e. The molecule has 1 saturated heterocycles. The highest BCUT2D eigenvalue weighted by Crippen LogP contribution is 2.22. The van der Waals surface area contributed by atoms with E-state index in [4.69, 9.17) is 0 Å². The van der Waals surface area contributed by atoms with E-state index in [0.29, 0.717) is 5.25 Å². The summed E-state index contributed by atoms with van der Waals surface area (Å²) in [6.45, 7) is 2.27. The monoisotopic (exact) mass is 169 g/mol. The maximum absolute atomic E-state index is 4.16. The van der Waals surface area contributed by atoms with Gasteiger partial charge in [0.1, 0.15) is 0 Å². The van der Waals surface area contributed by atoms with E-state index in [1.54, 1.807) is 6.20 Å². The minimum atomic E-state index is 0.709. The summed E-state index contributed by atoms with van der Waals surface area (Å²) in [6, 6.07) is 0. The Kier molecular flexibility index (Phi) is 2.14. The Bertz CT molecular complexity index is 203. The van der Waals surface area contributed by atoms with Gasteiger partial charge in [0.25, 0.3) is 0 Å². The molecule has 0 radical (unpaired) electrons. The SMILES string of the molecule is c1c[nH]c(SC2CCNC2)n1. The summed E-state index contributed by atoms with van der Waals surface area (Å²) in [4.78, 5) is 7.25. The predicted octanol–water partition coefficient (Wildman–Crippen LogP) is 0.864. The van der Waals surface area contributed by atoms with Gasteiger partial charge in [-0.2, -0.15) is 0 Å². The summed E-state index contributed by atoms with van der Waals surface area (Å²) in [5.41, 5.74) is 0. The minimum Gasteiger partial charge on any atom is -0.340 e. The molecule has 2 heterocycles. The number of imidazole rings is 1. The molecule has 4 heteroatoms. The van der Waals surface area contributed by atoms with Crippen molar-refractivity contribution in [2.24, 2.45) is 0 Å². The summed E-state index contributed by atoms with van der Waals surface area (Å²) in [5, 5.41) is 5.07. The first kappa shape index (κ1) is 7.18. The lowest BCUT2D eigenvalue weighted by Gasteiger charge is -2.03. The average Bonchev–Trinajstić information content (AvgIpc) is 2.60. The van der Waals surface area contributed by atoms with Crippen molar-refractivity contribution in [3.63, 3.8) is 0 Å². The quantitative estimate of drug-likeness (QED) is 0.690. The second-order valence-electron chi connectivity index (χ2n) is 2.63. The van der Waals surface area contributed by atoms with Crippen LogP contribution >= 0.6 is 11.8 Å². The Hall–Kier alpha value is -0.480. The van der Waals surface area contributed by atoms with Crippen LogP contribution in [-0.4, -0.2) is 28.3 Å². The van der Waals surface area contributed by atoms with E-state index in [0.717, 1.165) is 18.2 Å². The molecule has 1 atom stereocenters. The van der Waals surface area contributed by atoms with Crippen molar-refractivity contribution in [3.8, 4) is 0 Å². The third kappa shape index (κ3) is 1.75. The Morgan fingerprint density at radius 2 is 2.64 bits per heavy atom. The van der Waals surface area contributed by atoms with E-state index in [1.807, 2.05) is 18.0 Å². The normalized spacial score (nSPS) is 24.2. The molecule has 0 aromatic carbocycles. The van der Waals surface area contributed by atoms with Crippen LogP contribution in [0.3, 0.4) is 0 Å².